The Bertz CT molecular complexity index is 529. The zero-order valence-electron chi connectivity index (χ0n) is 7.81. The molecule has 0 spiro atoms. The zero-order chi connectivity index (χ0) is 10.7. The van der Waals surface area contributed by atoms with E-state index in [4.69, 9.17) is 5.26 Å². The number of halogens is 1. The van der Waals surface area contributed by atoms with Crippen LogP contribution in [0.1, 0.15) is 5.56 Å². The highest BCUT2D eigenvalue weighted by Crippen LogP contribution is 2.17. The van der Waals surface area contributed by atoms with Gasteiger partial charge in [0.2, 0.25) is 5.95 Å². The third-order valence-corrected chi connectivity index (χ3v) is 2.00. The molecule has 0 atom stereocenters. The number of pyridine rings is 1. The second-order valence-corrected chi connectivity index (χ2v) is 3.04. The summed E-state index contributed by atoms with van der Waals surface area (Å²) >= 11 is 0. The van der Waals surface area contributed by atoms with Gasteiger partial charge in [-0.1, -0.05) is 18.2 Å². The number of rotatable bonds is 1. The summed E-state index contributed by atoms with van der Waals surface area (Å²) in [5.74, 6) is -0.519. The van der Waals surface area contributed by atoms with E-state index in [1.165, 1.54) is 6.07 Å². The van der Waals surface area contributed by atoms with Crippen LogP contribution >= 0.6 is 0 Å². The summed E-state index contributed by atoms with van der Waals surface area (Å²) in [6.07, 6.45) is 0. The minimum Gasteiger partial charge on any atom is -0.220 e. The Hall–Kier alpha value is -2.21. The Kier molecular flexibility index (Phi) is 2.42. The molecule has 0 amide bonds. The maximum atomic E-state index is 12.9. The molecule has 0 saturated heterocycles. The molecule has 1 aromatic heterocycles. The van der Waals surface area contributed by atoms with E-state index in [1.807, 2.05) is 6.07 Å². The van der Waals surface area contributed by atoms with E-state index in [0.717, 1.165) is 5.56 Å². The van der Waals surface area contributed by atoms with Crippen LogP contribution < -0.4 is 0 Å². The van der Waals surface area contributed by atoms with Gasteiger partial charge in [-0.2, -0.15) is 9.65 Å². The lowest BCUT2D eigenvalue weighted by molar-refractivity contribution is 0.585. The molecule has 2 rings (SSSR count). The molecule has 15 heavy (non-hydrogen) atoms. The molecule has 1 aromatic carbocycles. The van der Waals surface area contributed by atoms with Crippen LogP contribution in [0.2, 0.25) is 0 Å². The van der Waals surface area contributed by atoms with Crippen LogP contribution in [0.3, 0.4) is 0 Å². The molecule has 72 valence electrons. The quantitative estimate of drug-likeness (QED) is 0.660. The number of aromatic nitrogens is 1. The summed E-state index contributed by atoms with van der Waals surface area (Å²) in [5, 5.41) is 8.72. The fourth-order valence-electron chi connectivity index (χ4n) is 1.32. The van der Waals surface area contributed by atoms with E-state index < -0.39 is 5.95 Å². The monoisotopic (exact) mass is 198 g/mol. The first-order valence-corrected chi connectivity index (χ1v) is 4.43. The van der Waals surface area contributed by atoms with E-state index in [2.05, 4.69) is 4.98 Å². The van der Waals surface area contributed by atoms with Crippen molar-refractivity contribution in [2.24, 2.45) is 0 Å². The van der Waals surface area contributed by atoms with Gasteiger partial charge in [-0.15, -0.1) is 0 Å². The first-order chi connectivity index (χ1) is 7.29. The molecule has 0 aliphatic carbocycles. The highest BCUT2D eigenvalue weighted by molar-refractivity contribution is 5.60. The summed E-state index contributed by atoms with van der Waals surface area (Å²) in [5.41, 5.74) is 1.82. The van der Waals surface area contributed by atoms with E-state index in [1.54, 1.807) is 36.4 Å². The minimum atomic E-state index is -0.519. The van der Waals surface area contributed by atoms with E-state index in [9.17, 15) is 4.39 Å². The lowest BCUT2D eigenvalue weighted by atomic mass is 10.1. The van der Waals surface area contributed by atoms with E-state index >= 15 is 0 Å². The molecule has 1 heterocycles. The van der Waals surface area contributed by atoms with Crippen molar-refractivity contribution in [3.8, 4) is 17.3 Å². The molecule has 0 saturated carbocycles. The number of nitriles is 1. The third-order valence-electron chi connectivity index (χ3n) is 2.00. The summed E-state index contributed by atoms with van der Waals surface area (Å²) in [7, 11) is 0. The molecule has 0 N–H and O–H groups in total. The van der Waals surface area contributed by atoms with E-state index in [-0.39, 0.29) is 0 Å². The summed E-state index contributed by atoms with van der Waals surface area (Å²) in [6.45, 7) is 0. The SMILES string of the molecule is N#Cc1cccc(-c2cccc(F)n2)c1. The van der Waals surface area contributed by atoms with Gasteiger partial charge < -0.3 is 0 Å². The maximum Gasteiger partial charge on any atom is 0.213 e. The minimum absolute atomic E-state index is 0.519. The van der Waals surface area contributed by atoms with Crippen LogP contribution in [-0.4, -0.2) is 4.98 Å². The molecular formula is C12H7FN2. The number of nitrogens with zero attached hydrogens (tertiary/aromatic N) is 2. The van der Waals surface area contributed by atoms with Crippen molar-refractivity contribution in [3.63, 3.8) is 0 Å². The number of hydrogen-bond donors (Lipinski definition) is 0. The Balaban J connectivity index is 2.50. The number of benzene rings is 1. The predicted molar refractivity (Wildman–Crippen MR) is 54.3 cm³/mol. The lowest BCUT2D eigenvalue weighted by Crippen LogP contribution is -1.87. The van der Waals surface area contributed by atoms with Gasteiger partial charge in [0.25, 0.3) is 0 Å². The van der Waals surface area contributed by atoms with Gasteiger partial charge in [-0.05, 0) is 24.3 Å². The van der Waals surface area contributed by atoms with Crippen molar-refractivity contribution in [1.82, 2.24) is 4.98 Å². The van der Waals surface area contributed by atoms with Crippen molar-refractivity contribution in [2.75, 3.05) is 0 Å². The molecule has 2 aromatic rings. The normalized spacial score (nSPS) is 9.60. The van der Waals surface area contributed by atoms with Gasteiger partial charge in [-0.25, -0.2) is 4.98 Å². The topological polar surface area (TPSA) is 36.7 Å². The summed E-state index contributed by atoms with van der Waals surface area (Å²) < 4.78 is 12.9. The Labute approximate surface area is 86.6 Å². The molecule has 0 unspecified atom stereocenters. The van der Waals surface area contributed by atoms with Gasteiger partial charge in [0.05, 0.1) is 17.3 Å². The van der Waals surface area contributed by atoms with Gasteiger partial charge in [0.15, 0.2) is 0 Å². The average molecular weight is 198 g/mol. The van der Waals surface area contributed by atoms with Crippen LogP contribution in [0.5, 0.6) is 0 Å². The lowest BCUT2D eigenvalue weighted by Gasteiger charge is -2.00. The fraction of sp³-hybridized carbons (Fsp3) is 0. The number of hydrogen-bond acceptors (Lipinski definition) is 2. The molecule has 3 heteroatoms. The van der Waals surface area contributed by atoms with E-state index in [0.29, 0.717) is 11.3 Å². The molecule has 0 aliphatic rings. The van der Waals surface area contributed by atoms with Gasteiger partial charge in [-0.3, -0.25) is 0 Å². The predicted octanol–water partition coefficient (Wildman–Crippen LogP) is 2.76. The first kappa shape index (κ1) is 9.35. The van der Waals surface area contributed by atoms with Gasteiger partial charge in [0, 0.05) is 5.56 Å². The second-order valence-electron chi connectivity index (χ2n) is 3.04. The average Bonchev–Trinajstić information content (AvgIpc) is 2.29. The molecule has 0 bridgehead atoms. The van der Waals surface area contributed by atoms with Crippen molar-refractivity contribution in [2.45, 2.75) is 0 Å². The standard InChI is InChI=1S/C12H7FN2/c13-12-6-2-5-11(15-12)10-4-1-3-9(7-10)8-14/h1-7H. The zero-order valence-corrected chi connectivity index (χ0v) is 7.81. The molecule has 0 aliphatic heterocycles. The molecular weight excluding hydrogens is 191 g/mol. The van der Waals surface area contributed by atoms with Crippen LogP contribution in [-0.2, 0) is 0 Å². The third kappa shape index (κ3) is 2.00. The van der Waals surface area contributed by atoms with Crippen molar-refractivity contribution in [1.29, 1.82) is 5.26 Å². The van der Waals surface area contributed by atoms with Gasteiger partial charge in [0.1, 0.15) is 0 Å². The summed E-state index contributed by atoms with van der Waals surface area (Å²) in [6, 6.07) is 13.5. The first-order valence-electron chi connectivity index (χ1n) is 4.43. The largest absolute Gasteiger partial charge is 0.220 e. The second kappa shape index (κ2) is 3.89. The summed E-state index contributed by atoms with van der Waals surface area (Å²) in [4.78, 5) is 3.74. The van der Waals surface area contributed by atoms with Crippen molar-refractivity contribution >= 4 is 0 Å². The highest BCUT2D eigenvalue weighted by Gasteiger charge is 2.01. The van der Waals surface area contributed by atoms with Crippen LogP contribution in [0.15, 0.2) is 42.5 Å². The van der Waals surface area contributed by atoms with Crippen LogP contribution in [0, 0.1) is 17.3 Å². The Morgan fingerprint density at radius 2 is 1.93 bits per heavy atom. The smallest absolute Gasteiger partial charge is 0.213 e. The highest BCUT2D eigenvalue weighted by atomic mass is 19.1. The molecule has 0 fully saturated rings. The Morgan fingerprint density at radius 1 is 1.13 bits per heavy atom. The van der Waals surface area contributed by atoms with Crippen molar-refractivity contribution < 1.29 is 4.39 Å². The molecule has 0 radical (unpaired) electrons. The van der Waals surface area contributed by atoms with Gasteiger partial charge >= 0.3 is 0 Å². The van der Waals surface area contributed by atoms with Crippen LogP contribution in [0.4, 0.5) is 4.39 Å². The Morgan fingerprint density at radius 3 is 2.67 bits per heavy atom. The maximum absolute atomic E-state index is 12.9. The van der Waals surface area contributed by atoms with Crippen molar-refractivity contribution in [3.05, 3.63) is 54.0 Å². The molecule has 2 nitrogen and oxygen atoms in total. The fourth-order valence-corrected chi connectivity index (χ4v) is 1.32. The van der Waals surface area contributed by atoms with Crippen LogP contribution in [0.25, 0.3) is 11.3 Å².